The van der Waals surface area contributed by atoms with Gasteiger partial charge in [-0.15, -0.1) is 0 Å². The number of rotatable bonds is 4. The van der Waals surface area contributed by atoms with E-state index >= 15 is 0 Å². The minimum atomic E-state index is 0. The fourth-order valence-corrected chi connectivity index (χ4v) is 3.73. The monoisotopic (exact) mass is 332 g/mol. The summed E-state index contributed by atoms with van der Waals surface area (Å²) in [6.45, 7) is 8.62. The number of halogens is 1. The van der Waals surface area contributed by atoms with Gasteiger partial charge in [-0.2, -0.15) is 4.98 Å². The summed E-state index contributed by atoms with van der Waals surface area (Å²) in [5.41, 5.74) is 5.07. The molecular formula is C18H21ClN2S. The summed E-state index contributed by atoms with van der Waals surface area (Å²) in [6, 6.07) is 15.4. The first-order valence-corrected chi connectivity index (χ1v) is 8.30. The van der Waals surface area contributed by atoms with Crippen LogP contribution in [-0.4, -0.2) is 13.1 Å². The zero-order valence-electron chi connectivity index (χ0n) is 13.2. The fraction of sp³-hybridized carbons (Fsp3) is 0.278. The molecule has 0 unspecified atom stereocenters. The quantitative estimate of drug-likeness (QED) is 0.708. The van der Waals surface area contributed by atoms with Gasteiger partial charge < -0.3 is 17.3 Å². The molecule has 0 aliphatic heterocycles. The van der Waals surface area contributed by atoms with Gasteiger partial charge in [-0.1, -0.05) is 17.4 Å². The minimum absolute atomic E-state index is 0. The molecule has 0 aliphatic carbocycles. The second-order valence-electron chi connectivity index (χ2n) is 5.27. The van der Waals surface area contributed by atoms with Crippen molar-refractivity contribution in [1.82, 2.24) is 0 Å². The summed E-state index contributed by atoms with van der Waals surface area (Å²) >= 11 is 1.82. The van der Waals surface area contributed by atoms with Gasteiger partial charge >= 0.3 is 0 Å². The van der Waals surface area contributed by atoms with Crippen molar-refractivity contribution in [2.45, 2.75) is 20.8 Å². The Kier molecular flexibility index (Phi) is 5.43. The molecule has 4 heteroatoms. The topological polar surface area (TPSA) is 17.4 Å². The van der Waals surface area contributed by atoms with Gasteiger partial charge in [0.1, 0.15) is 4.70 Å². The number of anilines is 1. The molecule has 3 rings (SSSR count). The molecule has 0 radical (unpaired) electrons. The van der Waals surface area contributed by atoms with Gasteiger partial charge in [0.25, 0.3) is 5.01 Å². The Hall–Kier alpha value is -1.58. The van der Waals surface area contributed by atoms with E-state index in [2.05, 4.69) is 73.1 Å². The number of hydrogen-bond acceptors (Lipinski definition) is 2. The maximum atomic E-state index is 3.52. The molecule has 2 nitrogen and oxygen atoms in total. The average Bonchev–Trinajstić information content (AvgIpc) is 2.92. The molecule has 0 atom stereocenters. The number of fused-ring (bicyclic) bond motifs is 1. The number of aryl methyl sites for hydroxylation is 1. The van der Waals surface area contributed by atoms with E-state index in [0.717, 1.165) is 13.1 Å². The molecule has 22 heavy (non-hydrogen) atoms. The molecule has 0 fully saturated rings. The van der Waals surface area contributed by atoms with E-state index in [1.54, 1.807) is 0 Å². The standard InChI is InChI=1S/C18H20N2S.ClH/c1-4-20(5-2)15-9-7-14(8-10-15)18-19-16-11-6-13(3)12-17(16)21-18;/h6-12H,4-5H2,1-3H3;1H. The summed E-state index contributed by atoms with van der Waals surface area (Å²) < 4.78 is 1.32. The molecule has 1 aromatic heterocycles. The zero-order chi connectivity index (χ0) is 14.8. The summed E-state index contributed by atoms with van der Waals surface area (Å²) in [4.78, 5) is 5.88. The van der Waals surface area contributed by atoms with E-state index in [9.17, 15) is 0 Å². The van der Waals surface area contributed by atoms with Gasteiger partial charge in [-0.05, 0) is 56.7 Å². The van der Waals surface area contributed by atoms with Crippen LogP contribution >= 0.6 is 11.3 Å². The molecule has 1 N–H and O–H groups in total. The van der Waals surface area contributed by atoms with Gasteiger partial charge in [0.2, 0.25) is 5.52 Å². The number of thiazole rings is 1. The third-order valence-corrected chi connectivity index (χ3v) is 4.95. The van der Waals surface area contributed by atoms with Crippen molar-refractivity contribution in [3.63, 3.8) is 0 Å². The molecular weight excluding hydrogens is 312 g/mol. The number of benzene rings is 2. The van der Waals surface area contributed by atoms with Crippen LogP contribution in [0.5, 0.6) is 0 Å². The highest BCUT2D eigenvalue weighted by Crippen LogP contribution is 2.28. The Labute approximate surface area is 142 Å². The number of nitrogens with one attached hydrogen (secondary N) is 1. The van der Waals surface area contributed by atoms with Crippen LogP contribution in [0.25, 0.3) is 20.8 Å². The van der Waals surface area contributed by atoms with Crippen LogP contribution in [-0.2, 0) is 0 Å². The van der Waals surface area contributed by atoms with E-state index in [-0.39, 0.29) is 12.4 Å². The lowest BCUT2D eigenvalue weighted by molar-refractivity contribution is -0.325. The summed E-state index contributed by atoms with van der Waals surface area (Å²) in [5.74, 6) is 0. The summed E-state index contributed by atoms with van der Waals surface area (Å²) in [7, 11) is 0. The second kappa shape index (κ2) is 7.12. The number of H-pyrrole nitrogens is 1. The van der Waals surface area contributed by atoms with E-state index in [0.29, 0.717) is 0 Å². The number of nitrogens with zero attached hydrogens (tertiary/aromatic N) is 1. The van der Waals surface area contributed by atoms with Crippen LogP contribution in [0.2, 0.25) is 0 Å². The molecule has 0 saturated carbocycles. The number of hydrogen-bond donors (Lipinski definition) is 0. The Morgan fingerprint density at radius 3 is 2.32 bits per heavy atom. The first-order valence-electron chi connectivity index (χ1n) is 7.49. The van der Waals surface area contributed by atoms with Crippen LogP contribution in [0, 0.1) is 6.92 Å². The molecule has 2 aromatic carbocycles. The van der Waals surface area contributed by atoms with E-state index in [1.807, 2.05) is 11.3 Å². The second-order valence-corrected chi connectivity index (χ2v) is 6.33. The number of aromatic amines is 1. The van der Waals surface area contributed by atoms with E-state index in [1.165, 1.54) is 32.0 Å². The Morgan fingerprint density at radius 1 is 1.00 bits per heavy atom. The van der Waals surface area contributed by atoms with Crippen molar-refractivity contribution < 1.29 is 17.4 Å². The fourth-order valence-electron chi connectivity index (χ4n) is 2.62. The maximum Gasteiger partial charge on any atom is 0.268 e. The molecule has 0 aliphatic rings. The van der Waals surface area contributed by atoms with Crippen LogP contribution in [0.4, 0.5) is 5.69 Å². The smallest absolute Gasteiger partial charge is 0.268 e. The molecule has 0 spiro atoms. The van der Waals surface area contributed by atoms with E-state index < -0.39 is 0 Å². The highest BCUT2D eigenvalue weighted by molar-refractivity contribution is 7.21. The molecule has 116 valence electrons. The SMILES string of the molecule is CCN(CC)c1ccc(-c2[nH+]c3ccc(C)cc3s2)cc1.[Cl-]. The highest BCUT2D eigenvalue weighted by atomic mass is 35.5. The normalized spacial score (nSPS) is 10.5. The molecule has 0 bridgehead atoms. The van der Waals surface area contributed by atoms with Crippen LogP contribution < -0.4 is 22.3 Å². The van der Waals surface area contributed by atoms with Crippen molar-refractivity contribution in [2.75, 3.05) is 18.0 Å². The lowest BCUT2D eigenvalue weighted by Crippen LogP contribution is -3.00. The van der Waals surface area contributed by atoms with Crippen molar-refractivity contribution in [3.05, 3.63) is 48.0 Å². The summed E-state index contributed by atoms with van der Waals surface area (Å²) in [6.07, 6.45) is 0. The third kappa shape index (κ3) is 3.26. The first-order chi connectivity index (χ1) is 10.2. The largest absolute Gasteiger partial charge is 1.00 e. The Morgan fingerprint density at radius 2 is 1.68 bits per heavy atom. The predicted molar refractivity (Wildman–Crippen MR) is 92.1 cm³/mol. The highest BCUT2D eigenvalue weighted by Gasteiger charge is 2.13. The molecule has 3 aromatic rings. The van der Waals surface area contributed by atoms with Crippen molar-refractivity contribution in [3.8, 4) is 10.6 Å². The van der Waals surface area contributed by atoms with Gasteiger partial charge in [-0.3, -0.25) is 0 Å². The lowest BCUT2D eigenvalue weighted by atomic mass is 10.2. The van der Waals surface area contributed by atoms with Crippen LogP contribution in [0.15, 0.2) is 42.5 Å². The Balaban J connectivity index is 0.00000176. The van der Waals surface area contributed by atoms with Crippen LogP contribution in [0.1, 0.15) is 19.4 Å². The minimum Gasteiger partial charge on any atom is -1.00 e. The van der Waals surface area contributed by atoms with Crippen molar-refractivity contribution in [2.24, 2.45) is 0 Å². The van der Waals surface area contributed by atoms with E-state index in [4.69, 9.17) is 0 Å². The lowest BCUT2D eigenvalue weighted by Gasteiger charge is -2.20. The third-order valence-electron chi connectivity index (χ3n) is 3.86. The van der Waals surface area contributed by atoms with Crippen molar-refractivity contribution >= 4 is 27.2 Å². The first kappa shape index (κ1) is 16.8. The molecule has 0 saturated heterocycles. The van der Waals surface area contributed by atoms with Crippen molar-refractivity contribution in [1.29, 1.82) is 0 Å². The predicted octanol–water partition coefficient (Wildman–Crippen LogP) is 1.54. The summed E-state index contributed by atoms with van der Waals surface area (Å²) in [5, 5.41) is 1.22. The average molecular weight is 333 g/mol. The molecule has 0 amide bonds. The van der Waals surface area contributed by atoms with Gasteiger partial charge in [0.15, 0.2) is 0 Å². The van der Waals surface area contributed by atoms with Gasteiger partial charge in [0, 0.05) is 24.8 Å². The zero-order valence-corrected chi connectivity index (χ0v) is 14.8. The maximum absolute atomic E-state index is 3.52. The number of aromatic nitrogens is 1. The van der Waals surface area contributed by atoms with Crippen LogP contribution in [0.3, 0.4) is 0 Å². The van der Waals surface area contributed by atoms with Gasteiger partial charge in [0.05, 0.1) is 5.56 Å². The Bertz CT molecular complexity index is 745. The molecule has 1 heterocycles. The van der Waals surface area contributed by atoms with Gasteiger partial charge in [-0.25, -0.2) is 0 Å².